The number of benzene rings is 1. The predicted molar refractivity (Wildman–Crippen MR) is 65.0 cm³/mol. The quantitative estimate of drug-likeness (QED) is 0.609. The van der Waals surface area contributed by atoms with Gasteiger partial charge < -0.3 is 15.4 Å². The van der Waals surface area contributed by atoms with E-state index in [1.54, 1.807) is 0 Å². The van der Waals surface area contributed by atoms with Gasteiger partial charge in [0, 0.05) is 17.7 Å². The summed E-state index contributed by atoms with van der Waals surface area (Å²) in [5.74, 6) is 0.347. The molecule has 0 aliphatic heterocycles. The largest absolute Gasteiger partial charge is 0.383 e. The van der Waals surface area contributed by atoms with Gasteiger partial charge in [-0.2, -0.15) is 4.98 Å². The lowest BCUT2D eigenvalue weighted by atomic mass is 10.2. The summed E-state index contributed by atoms with van der Waals surface area (Å²) >= 11 is 0. The molecule has 0 aliphatic rings. The van der Waals surface area contributed by atoms with Gasteiger partial charge in [0.25, 0.3) is 11.6 Å². The molecule has 0 unspecified atom stereocenters. The highest BCUT2D eigenvalue weighted by Crippen LogP contribution is 2.22. The smallest absolute Gasteiger partial charge is 0.269 e. The Hall–Kier alpha value is -2.32. The number of nitro groups is 1. The minimum absolute atomic E-state index is 0.0179. The fourth-order valence-corrected chi connectivity index (χ4v) is 1.50. The van der Waals surface area contributed by atoms with Crippen LogP contribution in [0, 0.1) is 10.1 Å². The van der Waals surface area contributed by atoms with Gasteiger partial charge >= 0.3 is 0 Å². The van der Waals surface area contributed by atoms with Crippen molar-refractivity contribution in [2.45, 2.75) is 12.5 Å². The first-order valence-electron chi connectivity index (χ1n) is 5.58. The van der Waals surface area contributed by atoms with E-state index in [9.17, 15) is 15.2 Å². The molecule has 0 saturated heterocycles. The molecule has 1 heterocycles. The van der Waals surface area contributed by atoms with Gasteiger partial charge in [-0.25, -0.2) is 0 Å². The minimum atomic E-state index is -0.899. The average molecular weight is 264 g/mol. The van der Waals surface area contributed by atoms with Gasteiger partial charge in [0.15, 0.2) is 0 Å². The van der Waals surface area contributed by atoms with Crippen molar-refractivity contribution >= 4 is 5.69 Å². The van der Waals surface area contributed by atoms with Crippen LogP contribution in [-0.4, -0.2) is 26.7 Å². The second kappa shape index (κ2) is 5.55. The van der Waals surface area contributed by atoms with E-state index in [1.807, 2.05) is 0 Å². The summed E-state index contributed by atoms with van der Waals surface area (Å²) in [5, 5.41) is 23.9. The number of aliphatic hydroxyl groups excluding tert-OH is 1. The van der Waals surface area contributed by atoms with Crippen molar-refractivity contribution in [1.82, 2.24) is 10.1 Å². The zero-order valence-electron chi connectivity index (χ0n) is 9.89. The van der Waals surface area contributed by atoms with Crippen molar-refractivity contribution in [1.29, 1.82) is 0 Å². The first-order chi connectivity index (χ1) is 9.11. The summed E-state index contributed by atoms with van der Waals surface area (Å²) in [7, 11) is 0. The van der Waals surface area contributed by atoms with Crippen molar-refractivity contribution in [3.05, 3.63) is 40.3 Å². The molecule has 8 nitrogen and oxygen atoms in total. The van der Waals surface area contributed by atoms with Crippen LogP contribution in [0.25, 0.3) is 11.4 Å². The lowest BCUT2D eigenvalue weighted by Crippen LogP contribution is -2.06. The number of hydrogen-bond acceptors (Lipinski definition) is 7. The van der Waals surface area contributed by atoms with Gasteiger partial charge in [0.05, 0.1) is 4.92 Å². The Morgan fingerprint density at radius 2 is 2.11 bits per heavy atom. The third-order valence-corrected chi connectivity index (χ3v) is 2.50. The molecule has 0 aliphatic carbocycles. The zero-order chi connectivity index (χ0) is 13.8. The molecule has 0 fully saturated rings. The fraction of sp³-hybridized carbons (Fsp3) is 0.273. The summed E-state index contributed by atoms with van der Waals surface area (Å²) in [6.45, 7) is 0.302. The lowest BCUT2D eigenvalue weighted by molar-refractivity contribution is -0.384. The molecule has 3 N–H and O–H groups in total. The van der Waals surface area contributed by atoms with Crippen LogP contribution in [0.1, 0.15) is 18.4 Å². The number of aliphatic hydroxyl groups is 1. The van der Waals surface area contributed by atoms with E-state index in [0.29, 0.717) is 18.5 Å². The minimum Gasteiger partial charge on any atom is -0.383 e. The van der Waals surface area contributed by atoms with Crippen LogP contribution in [-0.2, 0) is 0 Å². The Morgan fingerprint density at radius 1 is 1.42 bits per heavy atom. The van der Waals surface area contributed by atoms with E-state index in [0.717, 1.165) is 0 Å². The number of hydrogen-bond donors (Lipinski definition) is 2. The average Bonchev–Trinajstić information content (AvgIpc) is 2.89. The maximum atomic E-state index is 10.5. The number of non-ortho nitro benzene ring substituents is 1. The molecule has 100 valence electrons. The number of aromatic nitrogens is 2. The molecule has 2 rings (SSSR count). The second-order valence-electron chi connectivity index (χ2n) is 3.85. The van der Waals surface area contributed by atoms with Gasteiger partial charge in [0.1, 0.15) is 6.10 Å². The molecule has 0 spiro atoms. The van der Waals surface area contributed by atoms with Crippen LogP contribution in [0.5, 0.6) is 0 Å². The van der Waals surface area contributed by atoms with Crippen LogP contribution < -0.4 is 5.73 Å². The topological polar surface area (TPSA) is 128 Å². The van der Waals surface area contributed by atoms with E-state index in [2.05, 4.69) is 10.1 Å². The first-order valence-corrected chi connectivity index (χ1v) is 5.58. The maximum Gasteiger partial charge on any atom is 0.269 e. The summed E-state index contributed by atoms with van der Waals surface area (Å²) in [4.78, 5) is 14.1. The molecule has 0 saturated carbocycles. The van der Waals surface area contributed by atoms with Crippen molar-refractivity contribution in [3.63, 3.8) is 0 Å². The summed E-state index contributed by atoms with van der Waals surface area (Å²) < 4.78 is 4.91. The number of rotatable bonds is 5. The van der Waals surface area contributed by atoms with Gasteiger partial charge in [-0.3, -0.25) is 10.1 Å². The van der Waals surface area contributed by atoms with E-state index in [-0.39, 0.29) is 17.4 Å². The third kappa shape index (κ3) is 2.92. The van der Waals surface area contributed by atoms with Crippen LogP contribution >= 0.6 is 0 Å². The normalized spacial score (nSPS) is 12.3. The molecular weight excluding hydrogens is 252 g/mol. The van der Waals surface area contributed by atoms with Crippen LogP contribution in [0.15, 0.2) is 28.8 Å². The van der Waals surface area contributed by atoms with Crippen molar-refractivity contribution in [2.24, 2.45) is 5.73 Å². The van der Waals surface area contributed by atoms with Crippen molar-refractivity contribution in [3.8, 4) is 11.4 Å². The van der Waals surface area contributed by atoms with Crippen LogP contribution in [0.3, 0.4) is 0 Å². The Labute approximate surface area is 108 Å². The highest BCUT2D eigenvalue weighted by Gasteiger charge is 2.16. The summed E-state index contributed by atoms with van der Waals surface area (Å²) in [6, 6.07) is 5.73. The van der Waals surface area contributed by atoms with Gasteiger partial charge in [-0.1, -0.05) is 5.16 Å². The Balaban J connectivity index is 2.20. The van der Waals surface area contributed by atoms with Gasteiger partial charge in [-0.15, -0.1) is 0 Å². The molecule has 8 heteroatoms. The molecule has 19 heavy (non-hydrogen) atoms. The highest BCUT2D eigenvalue weighted by atomic mass is 16.6. The van der Waals surface area contributed by atoms with Crippen LogP contribution in [0.4, 0.5) is 5.69 Å². The molecule has 1 aromatic heterocycles. The fourth-order valence-electron chi connectivity index (χ4n) is 1.50. The molecule has 0 bridgehead atoms. The molecule has 2 aromatic rings. The Morgan fingerprint density at radius 3 is 2.68 bits per heavy atom. The van der Waals surface area contributed by atoms with E-state index >= 15 is 0 Å². The van der Waals surface area contributed by atoms with Crippen molar-refractivity contribution < 1.29 is 14.6 Å². The van der Waals surface area contributed by atoms with E-state index < -0.39 is 11.0 Å². The number of nitrogens with two attached hydrogens (primary N) is 1. The van der Waals surface area contributed by atoms with E-state index in [1.165, 1.54) is 24.3 Å². The molecule has 0 amide bonds. The van der Waals surface area contributed by atoms with Crippen LogP contribution in [0.2, 0.25) is 0 Å². The summed E-state index contributed by atoms with van der Waals surface area (Å²) in [6.07, 6.45) is -0.577. The molecule has 1 aromatic carbocycles. The van der Waals surface area contributed by atoms with Gasteiger partial charge in [0.2, 0.25) is 5.82 Å². The van der Waals surface area contributed by atoms with Crippen molar-refractivity contribution in [2.75, 3.05) is 6.54 Å². The molecule has 0 radical (unpaired) electrons. The zero-order valence-corrected chi connectivity index (χ0v) is 9.89. The maximum absolute atomic E-state index is 10.5. The SMILES string of the molecule is NCC[C@H](O)c1nc(-c2ccc([N+](=O)[O-])cc2)no1. The first kappa shape index (κ1) is 13.1. The highest BCUT2D eigenvalue weighted by molar-refractivity contribution is 5.56. The predicted octanol–water partition coefficient (Wildman–Crippen LogP) is 1.03. The Bertz CT molecular complexity index is 566. The monoisotopic (exact) mass is 264 g/mol. The summed E-state index contributed by atoms with van der Waals surface area (Å²) in [5.41, 5.74) is 5.87. The molecular formula is C11H12N4O4. The standard InChI is InChI=1S/C11H12N4O4/c12-6-5-9(16)11-13-10(14-19-11)7-1-3-8(4-2-7)15(17)18/h1-4,9,16H,5-6,12H2/t9-/m0/s1. The third-order valence-electron chi connectivity index (χ3n) is 2.50. The Kier molecular flexibility index (Phi) is 3.83. The number of nitro benzene ring substituents is 1. The lowest BCUT2D eigenvalue weighted by Gasteiger charge is -2.00. The second-order valence-corrected chi connectivity index (χ2v) is 3.85. The van der Waals surface area contributed by atoms with E-state index in [4.69, 9.17) is 10.3 Å². The number of nitrogens with zero attached hydrogens (tertiary/aromatic N) is 3. The molecule has 1 atom stereocenters. The van der Waals surface area contributed by atoms with Gasteiger partial charge in [-0.05, 0) is 25.1 Å².